The Hall–Kier alpha value is -3.07. The van der Waals surface area contributed by atoms with E-state index in [0.29, 0.717) is 42.0 Å². The summed E-state index contributed by atoms with van der Waals surface area (Å²) in [6, 6.07) is 2.65. The van der Waals surface area contributed by atoms with Crippen molar-refractivity contribution < 1.29 is 19.1 Å². The van der Waals surface area contributed by atoms with Crippen LogP contribution in [-0.2, 0) is 11.3 Å². The number of aromatic nitrogens is 1. The minimum absolute atomic E-state index is 0.00115. The molecular weight excluding hydrogens is 388 g/mol. The predicted molar refractivity (Wildman–Crippen MR) is 111 cm³/mol. The van der Waals surface area contributed by atoms with E-state index in [1.807, 2.05) is 18.5 Å². The second kappa shape index (κ2) is 7.98. The molecule has 0 aliphatic carbocycles. The summed E-state index contributed by atoms with van der Waals surface area (Å²) in [5.41, 5.74) is 0.274. The highest BCUT2D eigenvalue weighted by molar-refractivity contribution is 6.00. The van der Waals surface area contributed by atoms with E-state index in [0.717, 1.165) is 13.1 Å². The van der Waals surface area contributed by atoms with E-state index < -0.39 is 17.4 Å². The molecule has 2 aliphatic rings. The largest absolute Gasteiger partial charge is 0.454 e. The Balaban J connectivity index is 1.60. The van der Waals surface area contributed by atoms with Gasteiger partial charge in [-0.15, -0.1) is 0 Å². The first kappa shape index (κ1) is 20.2. The van der Waals surface area contributed by atoms with E-state index in [9.17, 15) is 14.4 Å². The number of nitrogens with one attached hydrogen (secondary N) is 1. The van der Waals surface area contributed by atoms with Gasteiger partial charge in [0, 0.05) is 45.0 Å². The van der Waals surface area contributed by atoms with Gasteiger partial charge in [-0.1, -0.05) is 0 Å². The zero-order chi connectivity index (χ0) is 21.4. The van der Waals surface area contributed by atoms with Crippen LogP contribution in [0.1, 0.15) is 24.2 Å². The molecule has 2 aromatic rings. The van der Waals surface area contributed by atoms with Gasteiger partial charge in [-0.2, -0.15) is 0 Å². The number of nitrogens with zero attached hydrogens (tertiary/aromatic N) is 3. The van der Waals surface area contributed by atoms with Crippen LogP contribution >= 0.6 is 0 Å². The fraction of sp³-hybridized carbons (Fsp3) is 0.476. The molecule has 1 aromatic carbocycles. The third kappa shape index (κ3) is 3.60. The Kier molecular flexibility index (Phi) is 5.38. The van der Waals surface area contributed by atoms with Crippen LogP contribution in [-0.4, -0.2) is 72.2 Å². The number of fused-ring (bicyclic) bond motifs is 2. The topological polar surface area (TPSA) is 93.1 Å². The third-order valence-corrected chi connectivity index (χ3v) is 5.69. The molecule has 160 valence electrons. The number of rotatable bonds is 4. The quantitative estimate of drug-likeness (QED) is 0.790. The van der Waals surface area contributed by atoms with Crippen LogP contribution < -0.4 is 20.2 Å². The fourth-order valence-corrected chi connectivity index (χ4v) is 3.84. The number of ether oxygens (including phenoxy) is 2. The molecule has 4 rings (SSSR count). The summed E-state index contributed by atoms with van der Waals surface area (Å²) in [4.78, 5) is 42.6. The maximum atomic E-state index is 13.1. The molecule has 3 heterocycles. The highest BCUT2D eigenvalue weighted by Gasteiger charge is 2.27. The highest BCUT2D eigenvalue weighted by Crippen LogP contribution is 2.35. The Labute approximate surface area is 174 Å². The van der Waals surface area contributed by atoms with Crippen molar-refractivity contribution in [1.29, 1.82) is 0 Å². The SMILES string of the molecule is CCn1cc(C(=O)N[C@H](C)C(=O)N2CCN(C)CC2)c(=O)c2cc3c(cc21)OCO3. The maximum Gasteiger partial charge on any atom is 0.257 e. The standard InChI is InChI=1S/C21H26N4O5/c1-4-24-11-15(19(26)14-9-17-18(10-16(14)24)30-12-29-17)20(27)22-13(2)21(28)25-7-5-23(3)6-8-25/h9-11,13H,4-8,12H2,1-3H3,(H,22,27)/t13-/m1/s1. The molecule has 1 aromatic heterocycles. The lowest BCUT2D eigenvalue weighted by molar-refractivity contribution is -0.134. The minimum atomic E-state index is -0.720. The molecule has 0 spiro atoms. The van der Waals surface area contributed by atoms with Crippen LogP contribution in [0.2, 0.25) is 0 Å². The number of carbonyl (C=O) groups is 2. The van der Waals surface area contributed by atoms with Gasteiger partial charge in [0.1, 0.15) is 11.6 Å². The van der Waals surface area contributed by atoms with E-state index in [2.05, 4.69) is 10.2 Å². The monoisotopic (exact) mass is 414 g/mol. The van der Waals surface area contributed by atoms with Gasteiger partial charge in [0.25, 0.3) is 5.91 Å². The molecule has 0 bridgehead atoms. The second-order valence-corrected chi connectivity index (χ2v) is 7.70. The third-order valence-electron chi connectivity index (χ3n) is 5.69. The first-order valence-corrected chi connectivity index (χ1v) is 10.1. The number of hydrogen-bond donors (Lipinski definition) is 1. The van der Waals surface area contributed by atoms with E-state index in [1.165, 1.54) is 6.20 Å². The van der Waals surface area contributed by atoms with E-state index in [-0.39, 0.29) is 18.3 Å². The molecule has 0 unspecified atom stereocenters. The lowest BCUT2D eigenvalue weighted by atomic mass is 10.1. The summed E-state index contributed by atoms with van der Waals surface area (Å²) in [5.74, 6) is 0.360. The zero-order valence-electron chi connectivity index (χ0n) is 17.4. The van der Waals surface area contributed by atoms with Crippen LogP contribution in [0, 0.1) is 0 Å². The van der Waals surface area contributed by atoms with Crippen LogP contribution in [0.15, 0.2) is 23.1 Å². The lowest BCUT2D eigenvalue weighted by Crippen LogP contribution is -2.53. The van der Waals surface area contributed by atoms with Crippen LogP contribution in [0.4, 0.5) is 0 Å². The molecule has 2 amide bonds. The van der Waals surface area contributed by atoms with Crippen molar-refractivity contribution in [1.82, 2.24) is 19.7 Å². The number of aryl methyl sites for hydroxylation is 1. The summed E-state index contributed by atoms with van der Waals surface area (Å²) >= 11 is 0. The summed E-state index contributed by atoms with van der Waals surface area (Å²) in [6.45, 7) is 7.09. The number of likely N-dealkylation sites (N-methyl/N-ethyl adjacent to an activating group) is 1. The van der Waals surface area contributed by atoms with Crippen LogP contribution in [0.3, 0.4) is 0 Å². The number of carbonyl (C=O) groups excluding carboxylic acids is 2. The lowest BCUT2D eigenvalue weighted by Gasteiger charge is -2.34. The molecule has 1 atom stereocenters. The molecule has 1 N–H and O–H groups in total. The van der Waals surface area contributed by atoms with Crippen molar-refractivity contribution in [3.8, 4) is 11.5 Å². The van der Waals surface area contributed by atoms with Gasteiger partial charge in [-0.05, 0) is 27.0 Å². The van der Waals surface area contributed by atoms with Crippen molar-refractivity contribution in [2.24, 2.45) is 0 Å². The second-order valence-electron chi connectivity index (χ2n) is 7.70. The Bertz CT molecular complexity index is 1060. The van der Waals surface area contributed by atoms with Gasteiger partial charge in [-0.3, -0.25) is 14.4 Å². The molecule has 0 saturated carbocycles. The average Bonchev–Trinajstić information content (AvgIpc) is 3.20. The Morgan fingerprint density at radius 3 is 2.47 bits per heavy atom. The summed E-state index contributed by atoms with van der Waals surface area (Å²) in [5, 5.41) is 3.08. The first-order chi connectivity index (χ1) is 14.4. The van der Waals surface area contributed by atoms with Gasteiger partial charge in [0.15, 0.2) is 11.5 Å². The van der Waals surface area contributed by atoms with Gasteiger partial charge in [0.2, 0.25) is 18.1 Å². The fourth-order valence-electron chi connectivity index (χ4n) is 3.84. The number of benzene rings is 1. The highest BCUT2D eigenvalue weighted by atomic mass is 16.7. The number of piperazine rings is 1. The molecule has 2 aliphatic heterocycles. The summed E-state index contributed by atoms with van der Waals surface area (Å²) < 4.78 is 12.6. The molecular formula is C21H26N4O5. The molecule has 1 fully saturated rings. The maximum absolute atomic E-state index is 13.1. The summed E-state index contributed by atoms with van der Waals surface area (Å²) in [6.07, 6.45) is 1.54. The first-order valence-electron chi connectivity index (χ1n) is 10.1. The van der Waals surface area contributed by atoms with E-state index >= 15 is 0 Å². The van der Waals surface area contributed by atoms with Crippen molar-refractivity contribution in [2.75, 3.05) is 40.0 Å². The molecule has 1 saturated heterocycles. The zero-order valence-corrected chi connectivity index (χ0v) is 17.4. The molecule has 0 radical (unpaired) electrons. The number of pyridine rings is 1. The normalized spacial score (nSPS) is 17.2. The smallest absolute Gasteiger partial charge is 0.257 e. The number of hydrogen-bond acceptors (Lipinski definition) is 6. The number of amides is 2. The molecule has 9 heteroatoms. The van der Waals surface area contributed by atoms with Crippen molar-refractivity contribution in [3.63, 3.8) is 0 Å². The van der Waals surface area contributed by atoms with Crippen molar-refractivity contribution in [3.05, 3.63) is 34.1 Å². The Morgan fingerprint density at radius 1 is 1.13 bits per heavy atom. The van der Waals surface area contributed by atoms with Crippen molar-refractivity contribution >= 4 is 22.7 Å². The van der Waals surface area contributed by atoms with Gasteiger partial charge >= 0.3 is 0 Å². The average molecular weight is 414 g/mol. The predicted octanol–water partition coefficient (Wildman–Crippen LogP) is 0.642. The molecule has 9 nitrogen and oxygen atoms in total. The van der Waals surface area contributed by atoms with Gasteiger partial charge < -0.3 is 29.2 Å². The minimum Gasteiger partial charge on any atom is -0.454 e. The summed E-state index contributed by atoms with van der Waals surface area (Å²) in [7, 11) is 2.01. The Morgan fingerprint density at radius 2 is 1.80 bits per heavy atom. The molecule has 30 heavy (non-hydrogen) atoms. The van der Waals surface area contributed by atoms with Crippen molar-refractivity contribution in [2.45, 2.75) is 26.4 Å². The van der Waals surface area contributed by atoms with Crippen LogP contribution in [0.25, 0.3) is 10.9 Å². The van der Waals surface area contributed by atoms with E-state index in [4.69, 9.17) is 9.47 Å². The van der Waals surface area contributed by atoms with Gasteiger partial charge in [-0.25, -0.2) is 0 Å². The van der Waals surface area contributed by atoms with Crippen LogP contribution in [0.5, 0.6) is 11.5 Å². The van der Waals surface area contributed by atoms with Gasteiger partial charge in [0.05, 0.1) is 10.9 Å². The van der Waals surface area contributed by atoms with E-state index in [1.54, 1.807) is 24.0 Å².